The van der Waals surface area contributed by atoms with E-state index in [0.29, 0.717) is 6.42 Å². The van der Waals surface area contributed by atoms with Gasteiger partial charge in [0, 0.05) is 18.7 Å². The molecule has 6 nitrogen and oxygen atoms in total. The molecular weight excluding hydrogens is 279 g/mol. The summed E-state index contributed by atoms with van der Waals surface area (Å²) < 4.78 is 13.6. The number of carbonyl (C=O) groups is 1. The first-order chi connectivity index (χ1) is 9.62. The molecule has 0 aromatic heterocycles. The lowest BCUT2D eigenvalue weighted by molar-refractivity contribution is -0.384. The maximum atomic E-state index is 13.6. The second kappa shape index (κ2) is 6.62. The highest BCUT2D eigenvalue weighted by Gasteiger charge is 2.24. The predicted octanol–water partition coefficient (Wildman–Crippen LogP) is 2.26. The molecule has 1 unspecified atom stereocenters. The van der Waals surface area contributed by atoms with E-state index < -0.39 is 27.8 Å². The number of nitro benzene ring substituents is 1. The summed E-state index contributed by atoms with van der Waals surface area (Å²) in [4.78, 5) is 21.8. The zero-order valence-electron chi connectivity index (χ0n) is 12.2. The Bertz CT molecular complexity index is 544. The fourth-order valence-electron chi connectivity index (χ4n) is 2.12. The van der Waals surface area contributed by atoms with E-state index in [1.54, 1.807) is 6.92 Å². The van der Waals surface area contributed by atoms with Crippen molar-refractivity contribution in [2.45, 2.75) is 32.8 Å². The van der Waals surface area contributed by atoms with Crippen LogP contribution in [0.1, 0.15) is 37.6 Å². The van der Waals surface area contributed by atoms with E-state index in [2.05, 4.69) is 5.32 Å². The fourth-order valence-corrected chi connectivity index (χ4v) is 2.12. The highest BCUT2D eigenvalue weighted by molar-refractivity contribution is 5.95. The van der Waals surface area contributed by atoms with Crippen molar-refractivity contribution < 1.29 is 19.2 Å². The van der Waals surface area contributed by atoms with E-state index in [9.17, 15) is 24.4 Å². The van der Waals surface area contributed by atoms with Crippen LogP contribution in [0.25, 0.3) is 0 Å². The summed E-state index contributed by atoms with van der Waals surface area (Å²) in [5, 5.41) is 23.1. The average Bonchev–Trinajstić information content (AvgIpc) is 2.34. The van der Waals surface area contributed by atoms with Gasteiger partial charge in [-0.25, -0.2) is 4.39 Å². The summed E-state index contributed by atoms with van der Waals surface area (Å²) in [6, 6.07) is 2.74. The Hall–Kier alpha value is -2.02. The van der Waals surface area contributed by atoms with Gasteiger partial charge >= 0.3 is 0 Å². The molecule has 0 aliphatic heterocycles. The molecule has 7 heteroatoms. The molecule has 21 heavy (non-hydrogen) atoms. The van der Waals surface area contributed by atoms with Crippen molar-refractivity contribution in [2.75, 3.05) is 6.54 Å². The zero-order chi connectivity index (χ0) is 16.2. The first kappa shape index (κ1) is 17.0. The number of benzene rings is 1. The number of amides is 1. The van der Waals surface area contributed by atoms with Crippen LogP contribution in [0.15, 0.2) is 18.2 Å². The molecule has 2 N–H and O–H groups in total. The molecule has 0 aliphatic rings. The molecule has 0 bridgehead atoms. The van der Waals surface area contributed by atoms with Gasteiger partial charge in [0.1, 0.15) is 5.82 Å². The first-order valence-corrected chi connectivity index (χ1v) is 6.57. The van der Waals surface area contributed by atoms with E-state index in [0.717, 1.165) is 18.2 Å². The second-order valence-electron chi connectivity index (χ2n) is 5.70. The second-order valence-corrected chi connectivity index (χ2v) is 5.70. The molecular formula is C14H19FN2O4. The Kier molecular flexibility index (Phi) is 5.37. The average molecular weight is 298 g/mol. The first-order valence-electron chi connectivity index (χ1n) is 6.57. The summed E-state index contributed by atoms with van der Waals surface area (Å²) in [7, 11) is 0. The van der Waals surface area contributed by atoms with Gasteiger partial charge < -0.3 is 10.4 Å². The number of rotatable bonds is 6. The largest absolute Gasteiger partial charge is 0.388 e. The Morgan fingerprint density at radius 3 is 2.67 bits per heavy atom. The summed E-state index contributed by atoms with van der Waals surface area (Å²) in [6.45, 7) is 5.36. The van der Waals surface area contributed by atoms with E-state index in [1.165, 1.54) is 0 Å². The molecule has 0 aliphatic carbocycles. The van der Waals surface area contributed by atoms with Crippen molar-refractivity contribution in [3.05, 3.63) is 39.7 Å². The van der Waals surface area contributed by atoms with Crippen molar-refractivity contribution in [2.24, 2.45) is 5.92 Å². The third kappa shape index (κ3) is 5.11. The maximum absolute atomic E-state index is 13.6. The number of nitro groups is 1. The molecule has 1 aromatic carbocycles. The smallest absolute Gasteiger partial charge is 0.270 e. The van der Waals surface area contributed by atoms with E-state index in [1.807, 2.05) is 13.8 Å². The normalized spacial score (nSPS) is 13.8. The third-order valence-corrected chi connectivity index (χ3v) is 2.88. The van der Waals surface area contributed by atoms with E-state index in [-0.39, 0.29) is 18.2 Å². The van der Waals surface area contributed by atoms with Gasteiger partial charge in [-0.15, -0.1) is 0 Å². The number of nitrogens with one attached hydrogen (secondary N) is 1. The van der Waals surface area contributed by atoms with Gasteiger partial charge in [-0.2, -0.15) is 0 Å². The Balaban J connectivity index is 2.80. The fraction of sp³-hybridized carbons (Fsp3) is 0.500. The number of halogens is 1. The minimum absolute atomic E-state index is 0.0633. The standard InChI is InChI=1S/C14H19FN2O4/c1-9(2)7-14(3,19)8-16-13(18)11-6-10(17(20)21)4-5-12(11)15/h4-6,9,19H,7-8H2,1-3H3,(H,16,18). The Morgan fingerprint density at radius 2 is 2.14 bits per heavy atom. The van der Waals surface area contributed by atoms with Crippen molar-refractivity contribution >= 4 is 11.6 Å². The lowest BCUT2D eigenvalue weighted by Crippen LogP contribution is -2.41. The highest BCUT2D eigenvalue weighted by Crippen LogP contribution is 2.18. The highest BCUT2D eigenvalue weighted by atomic mass is 19.1. The Morgan fingerprint density at radius 1 is 1.52 bits per heavy atom. The van der Waals surface area contributed by atoms with Crippen LogP contribution in [-0.2, 0) is 0 Å². The van der Waals surface area contributed by atoms with Crippen LogP contribution in [0.3, 0.4) is 0 Å². The molecule has 0 spiro atoms. The molecule has 1 atom stereocenters. The van der Waals surface area contributed by atoms with Crippen LogP contribution in [0, 0.1) is 21.8 Å². The van der Waals surface area contributed by atoms with Gasteiger partial charge in [-0.05, 0) is 25.3 Å². The molecule has 0 heterocycles. The predicted molar refractivity (Wildman–Crippen MR) is 75.5 cm³/mol. The van der Waals surface area contributed by atoms with E-state index in [4.69, 9.17) is 0 Å². The number of hydrogen-bond donors (Lipinski definition) is 2. The van der Waals surface area contributed by atoms with Crippen molar-refractivity contribution in [3.63, 3.8) is 0 Å². The van der Waals surface area contributed by atoms with Crippen molar-refractivity contribution in [1.29, 1.82) is 0 Å². The van der Waals surface area contributed by atoms with Crippen LogP contribution >= 0.6 is 0 Å². The summed E-state index contributed by atoms with van der Waals surface area (Å²) >= 11 is 0. The number of nitrogens with zero attached hydrogens (tertiary/aromatic N) is 1. The summed E-state index contributed by atoms with van der Waals surface area (Å²) in [5.41, 5.74) is -1.90. The monoisotopic (exact) mass is 298 g/mol. The third-order valence-electron chi connectivity index (χ3n) is 2.88. The number of carbonyl (C=O) groups excluding carboxylic acids is 1. The summed E-state index contributed by atoms with van der Waals surface area (Å²) in [6.07, 6.45) is 0.463. The molecule has 116 valence electrons. The van der Waals surface area contributed by atoms with Crippen molar-refractivity contribution in [3.8, 4) is 0 Å². The molecule has 1 aromatic rings. The van der Waals surface area contributed by atoms with Gasteiger partial charge in [0.05, 0.1) is 16.1 Å². The van der Waals surface area contributed by atoms with Crippen LogP contribution < -0.4 is 5.32 Å². The van der Waals surface area contributed by atoms with Gasteiger partial charge in [-0.3, -0.25) is 14.9 Å². The topological polar surface area (TPSA) is 92.5 Å². The maximum Gasteiger partial charge on any atom is 0.270 e. The summed E-state index contributed by atoms with van der Waals surface area (Å²) in [5.74, 6) is -1.41. The molecule has 0 saturated carbocycles. The van der Waals surface area contributed by atoms with Crippen LogP contribution in [0.4, 0.5) is 10.1 Å². The lowest BCUT2D eigenvalue weighted by Gasteiger charge is -2.25. The van der Waals surface area contributed by atoms with E-state index >= 15 is 0 Å². The van der Waals surface area contributed by atoms with Gasteiger partial charge in [0.2, 0.25) is 0 Å². The number of aliphatic hydroxyl groups is 1. The Labute approximate surface area is 122 Å². The lowest BCUT2D eigenvalue weighted by atomic mass is 9.94. The molecule has 1 rings (SSSR count). The molecule has 0 fully saturated rings. The van der Waals surface area contributed by atoms with Crippen LogP contribution in [0.5, 0.6) is 0 Å². The minimum Gasteiger partial charge on any atom is -0.388 e. The molecule has 0 saturated heterocycles. The van der Waals surface area contributed by atoms with Crippen molar-refractivity contribution in [1.82, 2.24) is 5.32 Å². The van der Waals surface area contributed by atoms with Gasteiger partial charge in [0.15, 0.2) is 0 Å². The van der Waals surface area contributed by atoms with Gasteiger partial charge in [-0.1, -0.05) is 13.8 Å². The van der Waals surface area contributed by atoms with Crippen LogP contribution in [-0.4, -0.2) is 28.1 Å². The number of hydrogen-bond acceptors (Lipinski definition) is 4. The van der Waals surface area contributed by atoms with Gasteiger partial charge in [0.25, 0.3) is 11.6 Å². The molecule has 0 radical (unpaired) electrons. The zero-order valence-corrected chi connectivity index (χ0v) is 12.2. The quantitative estimate of drug-likeness (QED) is 0.622. The molecule has 1 amide bonds. The minimum atomic E-state index is -1.12. The van der Waals surface area contributed by atoms with Crippen LogP contribution in [0.2, 0.25) is 0 Å². The SMILES string of the molecule is CC(C)CC(C)(O)CNC(=O)c1cc([N+](=O)[O-])ccc1F. The number of non-ortho nitro benzene ring substituents is 1.